The fourth-order valence-corrected chi connectivity index (χ4v) is 3.76. The molecule has 0 spiro atoms. The molecule has 4 rings (SSSR count). The van der Waals surface area contributed by atoms with Crippen LogP contribution >= 0.6 is 0 Å². The van der Waals surface area contributed by atoms with Gasteiger partial charge in [-0.05, 0) is 44.0 Å². The molecular formula is C23H26N2O4. The van der Waals surface area contributed by atoms with E-state index in [2.05, 4.69) is 12.1 Å². The molecule has 0 bridgehead atoms. The van der Waals surface area contributed by atoms with Crippen LogP contribution in [0.4, 0.5) is 5.69 Å². The molecule has 2 heterocycles. The summed E-state index contributed by atoms with van der Waals surface area (Å²) < 4.78 is 11.3. The van der Waals surface area contributed by atoms with Crippen LogP contribution in [0.1, 0.15) is 29.8 Å². The number of carbonyl (C=O) groups is 2. The normalized spacial score (nSPS) is 18.2. The Balaban J connectivity index is 1.63. The third kappa shape index (κ3) is 3.98. The van der Waals surface area contributed by atoms with Crippen molar-refractivity contribution in [3.8, 4) is 5.75 Å². The van der Waals surface area contributed by atoms with Crippen molar-refractivity contribution < 1.29 is 19.1 Å². The number of ether oxygens (including phenoxy) is 2. The molecule has 0 unspecified atom stereocenters. The van der Waals surface area contributed by atoms with Crippen LogP contribution in [0.5, 0.6) is 5.75 Å². The maximum Gasteiger partial charge on any atom is 0.270 e. The summed E-state index contributed by atoms with van der Waals surface area (Å²) in [6, 6.07) is 15.4. The molecular weight excluding hydrogens is 368 g/mol. The molecule has 152 valence electrons. The predicted molar refractivity (Wildman–Crippen MR) is 110 cm³/mol. The van der Waals surface area contributed by atoms with Crippen LogP contribution in [-0.2, 0) is 16.0 Å². The molecule has 2 aromatic carbocycles. The number of rotatable bonds is 4. The molecule has 2 amide bonds. The Bertz CT molecular complexity index is 904. The van der Waals surface area contributed by atoms with Gasteiger partial charge in [0.05, 0.1) is 18.9 Å². The molecule has 0 aromatic heterocycles. The van der Waals surface area contributed by atoms with Gasteiger partial charge in [0.25, 0.3) is 11.8 Å². The van der Waals surface area contributed by atoms with E-state index in [1.807, 2.05) is 18.2 Å². The van der Waals surface area contributed by atoms with Crippen LogP contribution in [0.3, 0.4) is 0 Å². The molecule has 6 nitrogen and oxygen atoms in total. The van der Waals surface area contributed by atoms with Gasteiger partial charge >= 0.3 is 0 Å². The molecule has 1 fully saturated rings. The second kappa shape index (κ2) is 7.87. The summed E-state index contributed by atoms with van der Waals surface area (Å²) in [6.45, 7) is 6.34. The number of morpholine rings is 1. The SMILES string of the molecule is CC1(C)Oc2ccc(C(=O)N3CCOCC3)cc2N(CCc2ccccc2)C1=O. The number of fused-ring (bicyclic) bond motifs is 1. The molecule has 1 saturated heterocycles. The molecule has 2 aliphatic rings. The Morgan fingerprint density at radius 3 is 2.52 bits per heavy atom. The summed E-state index contributed by atoms with van der Waals surface area (Å²) in [5.41, 5.74) is 1.43. The number of amides is 2. The minimum atomic E-state index is -0.945. The van der Waals surface area contributed by atoms with E-state index in [0.717, 1.165) is 12.0 Å². The minimum absolute atomic E-state index is 0.0450. The molecule has 2 aromatic rings. The molecule has 6 heteroatoms. The van der Waals surface area contributed by atoms with E-state index in [9.17, 15) is 9.59 Å². The largest absolute Gasteiger partial charge is 0.476 e. The molecule has 0 atom stereocenters. The summed E-state index contributed by atoms with van der Waals surface area (Å²) in [6.07, 6.45) is 0.726. The zero-order chi connectivity index (χ0) is 20.4. The first-order valence-corrected chi connectivity index (χ1v) is 10.0. The predicted octanol–water partition coefficient (Wildman–Crippen LogP) is 2.91. The van der Waals surface area contributed by atoms with Gasteiger partial charge in [0.2, 0.25) is 0 Å². The van der Waals surface area contributed by atoms with Gasteiger partial charge in [-0.15, -0.1) is 0 Å². The van der Waals surface area contributed by atoms with Crippen LogP contribution in [0.2, 0.25) is 0 Å². The second-order valence-electron chi connectivity index (χ2n) is 7.89. The lowest BCUT2D eigenvalue weighted by Crippen LogP contribution is -2.53. The summed E-state index contributed by atoms with van der Waals surface area (Å²) in [7, 11) is 0. The Labute approximate surface area is 171 Å². The molecule has 0 aliphatic carbocycles. The van der Waals surface area contributed by atoms with E-state index in [-0.39, 0.29) is 11.8 Å². The lowest BCUT2D eigenvalue weighted by atomic mass is 10.0. The van der Waals surface area contributed by atoms with Crippen LogP contribution in [-0.4, -0.2) is 55.2 Å². The maximum atomic E-state index is 13.1. The highest BCUT2D eigenvalue weighted by Gasteiger charge is 2.41. The van der Waals surface area contributed by atoms with Crippen molar-refractivity contribution in [3.63, 3.8) is 0 Å². The summed E-state index contributed by atoms with van der Waals surface area (Å²) in [5, 5.41) is 0. The van der Waals surface area contributed by atoms with Crippen LogP contribution in [0.15, 0.2) is 48.5 Å². The Hall–Kier alpha value is -2.86. The first kappa shape index (κ1) is 19.5. The third-order valence-corrected chi connectivity index (χ3v) is 5.39. The average Bonchev–Trinajstić information content (AvgIpc) is 2.74. The van der Waals surface area contributed by atoms with Crippen molar-refractivity contribution in [2.24, 2.45) is 0 Å². The van der Waals surface area contributed by atoms with E-state index in [1.165, 1.54) is 0 Å². The van der Waals surface area contributed by atoms with Gasteiger partial charge in [-0.3, -0.25) is 9.59 Å². The molecule has 0 radical (unpaired) electrons. The van der Waals surface area contributed by atoms with Crippen molar-refractivity contribution in [1.82, 2.24) is 4.90 Å². The number of hydrogen-bond acceptors (Lipinski definition) is 4. The minimum Gasteiger partial charge on any atom is -0.476 e. The molecule has 0 saturated carbocycles. The Morgan fingerprint density at radius 2 is 1.79 bits per heavy atom. The molecule has 2 aliphatic heterocycles. The highest BCUT2D eigenvalue weighted by Crippen LogP contribution is 2.38. The van der Waals surface area contributed by atoms with Crippen molar-refractivity contribution in [3.05, 3.63) is 59.7 Å². The smallest absolute Gasteiger partial charge is 0.270 e. The van der Waals surface area contributed by atoms with E-state index in [0.29, 0.717) is 49.8 Å². The highest BCUT2D eigenvalue weighted by atomic mass is 16.5. The van der Waals surface area contributed by atoms with E-state index in [4.69, 9.17) is 9.47 Å². The Kier molecular flexibility index (Phi) is 5.28. The third-order valence-electron chi connectivity index (χ3n) is 5.39. The number of benzene rings is 2. The zero-order valence-electron chi connectivity index (χ0n) is 16.9. The molecule has 29 heavy (non-hydrogen) atoms. The van der Waals surface area contributed by atoms with Crippen LogP contribution in [0, 0.1) is 0 Å². The quantitative estimate of drug-likeness (QED) is 0.800. The molecule has 0 N–H and O–H groups in total. The number of nitrogens with zero attached hydrogens (tertiary/aromatic N) is 2. The van der Waals surface area contributed by atoms with Gasteiger partial charge in [-0.1, -0.05) is 30.3 Å². The van der Waals surface area contributed by atoms with Gasteiger partial charge in [0.1, 0.15) is 5.75 Å². The van der Waals surface area contributed by atoms with Gasteiger partial charge in [-0.25, -0.2) is 0 Å². The van der Waals surface area contributed by atoms with Gasteiger partial charge in [-0.2, -0.15) is 0 Å². The lowest BCUT2D eigenvalue weighted by molar-refractivity contribution is -0.132. The van der Waals surface area contributed by atoms with Crippen LogP contribution < -0.4 is 9.64 Å². The summed E-state index contributed by atoms with van der Waals surface area (Å²) >= 11 is 0. The topological polar surface area (TPSA) is 59.1 Å². The van der Waals surface area contributed by atoms with E-state index in [1.54, 1.807) is 41.8 Å². The zero-order valence-corrected chi connectivity index (χ0v) is 16.9. The van der Waals surface area contributed by atoms with Crippen molar-refractivity contribution >= 4 is 17.5 Å². The van der Waals surface area contributed by atoms with Gasteiger partial charge in [0, 0.05) is 25.2 Å². The van der Waals surface area contributed by atoms with Crippen LogP contribution in [0.25, 0.3) is 0 Å². The lowest BCUT2D eigenvalue weighted by Gasteiger charge is -2.39. The van der Waals surface area contributed by atoms with E-state index < -0.39 is 5.60 Å². The number of anilines is 1. The van der Waals surface area contributed by atoms with Crippen molar-refractivity contribution in [2.75, 3.05) is 37.7 Å². The number of hydrogen-bond donors (Lipinski definition) is 0. The van der Waals surface area contributed by atoms with Crippen molar-refractivity contribution in [2.45, 2.75) is 25.9 Å². The fourth-order valence-electron chi connectivity index (χ4n) is 3.76. The van der Waals surface area contributed by atoms with Crippen molar-refractivity contribution in [1.29, 1.82) is 0 Å². The monoisotopic (exact) mass is 394 g/mol. The Morgan fingerprint density at radius 1 is 1.07 bits per heavy atom. The first-order valence-electron chi connectivity index (χ1n) is 10.0. The van der Waals surface area contributed by atoms with Gasteiger partial charge in [0.15, 0.2) is 5.60 Å². The first-order chi connectivity index (χ1) is 14.0. The van der Waals surface area contributed by atoms with Gasteiger partial charge < -0.3 is 19.3 Å². The standard InChI is InChI=1S/C23H26N2O4/c1-23(2)22(27)25(11-10-17-6-4-3-5-7-17)19-16-18(8-9-20(19)29-23)21(26)24-12-14-28-15-13-24/h3-9,16H,10-15H2,1-2H3. The summed E-state index contributed by atoms with van der Waals surface area (Å²) in [5.74, 6) is 0.481. The fraction of sp³-hybridized carbons (Fsp3) is 0.391. The van der Waals surface area contributed by atoms with E-state index >= 15 is 0 Å². The number of carbonyl (C=O) groups excluding carboxylic acids is 2. The highest BCUT2D eigenvalue weighted by molar-refractivity contribution is 6.04. The summed E-state index contributed by atoms with van der Waals surface area (Å²) in [4.78, 5) is 29.5. The second-order valence-corrected chi connectivity index (χ2v) is 7.89. The average molecular weight is 394 g/mol. The maximum absolute atomic E-state index is 13.1.